The molecule has 1 amide bonds. The number of carbonyl (C=O) groups excluding carboxylic acids is 1. The first kappa shape index (κ1) is 12.8. The van der Waals surface area contributed by atoms with Gasteiger partial charge in [0.2, 0.25) is 0 Å². The van der Waals surface area contributed by atoms with Gasteiger partial charge in [-0.1, -0.05) is 18.2 Å². The second kappa shape index (κ2) is 5.45. The highest BCUT2D eigenvalue weighted by Crippen LogP contribution is 2.29. The van der Waals surface area contributed by atoms with Crippen LogP contribution in [0.1, 0.15) is 15.2 Å². The highest BCUT2D eigenvalue weighted by Gasteiger charge is 2.24. The highest BCUT2D eigenvalue weighted by atomic mass is 79.9. The van der Waals surface area contributed by atoms with Crippen LogP contribution in [0.25, 0.3) is 0 Å². The zero-order valence-corrected chi connectivity index (χ0v) is 12.6. The van der Waals surface area contributed by atoms with E-state index in [0.717, 1.165) is 28.1 Å². The van der Waals surface area contributed by atoms with Crippen molar-refractivity contribution in [2.24, 2.45) is 0 Å². The summed E-state index contributed by atoms with van der Waals surface area (Å²) in [5.41, 5.74) is 2.18. The van der Waals surface area contributed by atoms with Crippen molar-refractivity contribution in [3.63, 3.8) is 0 Å². The Morgan fingerprint density at radius 1 is 1.32 bits per heavy atom. The standard InChI is InChI=1S/C14H13BrN2OS/c15-11-5-8-19-13(11)14(18)17-7-6-16-9-10-3-1-2-4-12(10)17/h1-5,8,16H,6-7,9H2. The number of rotatable bonds is 1. The molecular weight excluding hydrogens is 324 g/mol. The number of hydrogen-bond acceptors (Lipinski definition) is 3. The first-order valence-electron chi connectivity index (χ1n) is 6.11. The molecule has 1 aromatic heterocycles. The van der Waals surface area contributed by atoms with Gasteiger partial charge in [-0.25, -0.2) is 0 Å². The molecule has 0 fully saturated rings. The van der Waals surface area contributed by atoms with Crippen LogP contribution in [0.3, 0.4) is 0 Å². The van der Waals surface area contributed by atoms with Crippen LogP contribution in [0, 0.1) is 0 Å². The number of halogens is 1. The lowest BCUT2D eigenvalue weighted by Gasteiger charge is -2.22. The third kappa shape index (κ3) is 2.45. The van der Waals surface area contributed by atoms with Crippen molar-refractivity contribution in [3.8, 4) is 0 Å². The number of fused-ring (bicyclic) bond motifs is 1. The van der Waals surface area contributed by atoms with Gasteiger partial charge in [-0.15, -0.1) is 11.3 Å². The van der Waals surface area contributed by atoms with Gasteiger partial charge in [-0.2, -0.15) is 0 Å². The van der Waals surface area contributed by atoms with Crippen molar-refractivity contribution in [1.82, 2.24) is 5.32 Å². The summed E-state index contributed by atoms with van der Waals surface area (Å²) in [6.45, 7) is 2.31. The average Bonchev–Trinajstić information content (AvgIpc) is 2.74. The molecule has 0 spiro atoms. The van der Waals surface area contributed by atoms with Crippen LogP contribution in [-0.2, 0) is 6.54 Å². The van der Waals surface area contributed by atoms with E-state index in [0.29, 0.717) is 6.54 Å². The van der Waals surface area contributed by atoms with Crippen LogP contribution in [0.5, 0.6) is 0 Å². The van der Waals surface area contributed by atoms with Crippen molar-refractivity contribution >= 4 is 38.9 Å². The Hall–Kier alpha value is -1.17. The van der Waals surface area contributed by atoms with Crippen molar-refractivity contribution in [2.45, 2.75) is 6.54 Å². The second-order valence-electron chi connectivity index (χ2n) is 4.36. The van der Waals surface area contributed by atoms with Crippen LogP contribution in [-0.4, -0.2) is 19.0 Å². The lowest BCUT2D eigenvalue weighted by molar-refractivity contribution is 0.0991. The third-order valence-corrected chi connectivity index (χ3v) is 4.99. The molecule has 1 N–H and O–H groups in total. The quantitative estimate of drug-likeness (QED) is 0.866. The molecule has 0 bridgehead atoms. The van der Waals surface area contributed by atoms with Gasteiger partial charge in [0.15, 0.2) is 0 Å². The minimum absolute atomic E-state index is 0.0676. The Balaban J connectivity index is 2.01. The molecule has 0 radical (unpaired) electrons. The number of hydrogen-bond donors (Lipinski definition) is 1. The summed E-state index contributed by atoms with van der Waals surface area (Å²) in [6.07, 6.45) is 0. The Morgan fingerprint density at radius 3 is 2.95 bits per heavy atom. The number of benzene rings is 1. The van der Waals surface area contributed by atoms with Crippen LogP contribution in [0.15, 0.2) is 40.2 Å². The Morgan fingerprint density at radius 2 is 2.16 bits per heavy atom. The molecule has 0 saturated carbocycles. The molecule has 0 saturated heterocycles. The summed E-state index contributed by atoms with van der Waals surface area (Å²) < 4.78 is 0.872. The number of thiophene rings is 1. The molecule has 2 heterocycles. The average molecular weight is 337 g/mol. The van der Waals surface area contributed by atoms with Gasteiger partial charge in [0, 0.05) is 29.8 Å². The van der Waals surface area contributed by atoms with Gasteiger partial charge in [0.05, 0.1) is 0 Å². The van der Waals surface area contributed by atoms with Crippen LogP contribution in [0.4, 0.5) is 5.69 Å². The highest BCUT2D eigenvalue weighted by molar-refractivity contribution is 9.10. The van der Waals surface area contributed by atoms with E-state index < -0.39 is 0 Å². The molecule has 0 atom stereocenters. The van der Waals surface area contributed by atoms with E-state index in [4.69, 9.17) is 0 Å². The second-order valence-corrected chi connectivity index (χ2v) is 6.13. The maximum Gasteiger partial charge on any atom is 0.269 e. The van der Waals surface area contributed by atoms with E-state index in [-0.39, 0.29) is 5.91 Å². The number of para-hydroxylation sites is 1. The number of nitrogens with zero attached hydrogens (tertiary/aromatic N) is 1. The van der Waals surface area contributed by atoms with E-state index in [1.165, 1.54) is 16.9 Å². The maximum atomic E-state index is 12.7. The largest absolute Gasteiger partial charge is 0.311 e. The molecule has 0 aliphatic carbocycles. The summed E-state index contributed by atoms with van der Waals surface area (Å²) in [5.74, 6) is 0.0676. The SMILES string of the molecule is O=C(c1sccc1Br)N1CCNCc2ccccc21. The fourth-order valence-electron chi connectivity index (χ4n) is 2.24. The molecule has 3 rings (SSSR count). The van der Waals surface area contributed by atoms with Crippen molar-refractivity contribution in [2.75, 3.05) is 18.0 Å². The summed E-state index contributed by atoms with van der Waals surface area (Å²) in [7, 11) is 0. The first-order valence-corrected chi connectivity index (χ1v) is 7.78. The van der Waals surface area contributed by atoms with E-state index in [1.807, 2.05) is 34.5 Å². The van der Waals surface area contributed by atoms with Crippen LogP contribution < -0.4 is 10.2 Å². The number of carbonyl (C=O) groups is 1. The van der Waals surface area contributed by atoms with Gasteiger partial charge in [-0.3, -0.25) is 4.79 Å². The summed E-state index contributed by atoms with van der Waals surface area (Å²) >= 11 is 4.91. The number of nitrogens with one attached hydrogen (secondary N) is 1. The van der Waals surface area contributed by atoms with Crippen molar-refractivity contribution in [3.05, 3.63) is 50.6 Å². The summed E-state index contributed by atoms with van der Waals surface area (Å²) in [5, 5.41) is 5.28. The zero-order valence-electron chi connectivity index (χ0n) is 10.2. The summed E-state index contributed by atoms with van der Waals surface area (Å²) in [6, 6.07) is 9.99. The third-order valence-electron chi connectivity index (χ3n) is 3.17. The minimum Gasteiger partial charge on any atom is -0.311 e. The fourth-order valence-corrected chi connectivity index (χ4v) is 3.73. The lowest BCUT2D eigenvalue weighted by atomic mass is 10.1. The van der Waals surface area contributed by atoms with E-state index >= 15 is 0 Å². The Kier molecular flexibility index (Phi) is 3.68. The molecule has 1 aromatic carbocycles. The van der Waals surface area contributed by atoms with E-state index in [1.54, 1.807) is 0 Å². The summed E-state index contributed by atoms with van der Waals surface area (Å²) in [4.78, 5) is 15.3. The molecule has 2 aromatic rings. The lowest BCUT2D eigenvalue weighted by Crippen LogP contribution is -2.34. The molecule has 5 heteroatoms. The number of anilines is 1. The fraction of sp³-hybridized carbons (Fsp3) is 0.214. The molecular formula is C14H13BrN2OS. The normalized spacial score (nSPS) is 14.9. The first-order chi connectivity index (χ1) is 9.27. The minimum atomic E-state index is 0.0676. The van der Waals surface area contributed by atoms with Gasteiger partial charge in [0.25, 0.3) is 5.91 Å². The van der Waals surface area contributed by atoms with Gasteiger partial charge < -0.3 is 10.2 Å². The van der Waals surface area contributed by atoms with Gasteiger partial charge >= 0.3 is 0 Å². The Labute approximate surface area is 124 Å². The maximum absolute atomic E-state index is 12.7. The topological polar surface area (TPSA) is 32.3 Å². The smallest absolute Gasteiger partial charge is 0.269 e. The van der Waals surface area contributed by atoms with E-state index in [9.17, 15) is 4.79 Å². The molecule has 1 aliphatic rings. The van der Waals surface area contributed by atoms with Crippen LogP contribution in [0.2, 0.25) is 0 Å². The van der Waals surface area contributed by atoms with Crippen molar-refractivity contribution < 1.29 is 4.79 Å². The van der Waals surface area contributed by atoms with Crippen LogP contribution >= 0.6 is 27.3 Å². The molecule has 3 nitrogen and oxygen atoms in total. The van der Waals surface area contributed by atoms with Gasteiger partial charge in [-0.05, 0) is 39.0 Å². The molecule has 1 aliphatic heterocycles. The predicted molar refractivity (Wildman–Crippen MR) is 81.8 cm³/mol. The molecule has 19 heavy (non-hydrogen) atoms. The molecule has 98 valence electrons. The monoisotopic (exact) mass is 336 g/mol. The van der Waals surface area contributed by atoms with E-state index in [2.05, 4.69) is 27.3 Å². The molecule has 0 unspecified atom stereocenters. The predicted octanol–water partition coefficient (Wildman–Crippen LogP) is 3.26. The van der Waals surface area contributed by atoms with Crippen molar-refractivity contribution in [1.29, 1.82) is 0 Å². The Bertz CT molecular complexity index is 611. The zero-order chi connectivity index (χ0) is 13.2. The number of amides is 1. The van der Waals surface area contributed by atoms with Gasteiger partial charge in [0.1, 0.15) is 4.88 Å².